The minimum atomic E-state index is -0.222. The van der Waals surface area contributed by atoms with E-state index in [1.54, 1.807) is 0 Å². The number of rotatable bonds is 1. The highest BCUT2D eigenvalue weighted by Gasteiger charge is 2.31. The third-order valence-electron chi connectivity index (χ3n) is 2.63. The maximum absolute atomic E-state index is 9.37. The zero-order valence-corrected chi connectivity index (χ0v) is 6.80. The molecule has 1 heteroatoms. The molecule has 0 aromatic rings. The van der Waals surface area contributed by atoms with Crippen LogP contribution in [0.5, 0.6) is 0 Å². The fourth-order valence-electron chi connectivity index (χ4n) is 1.94. The second-order valence-corrected chi connectivity index (χ2v) is 3.32. The summed E-state index contributed by atoms with van der Waals surface area (Å²) in [5.74, 6) is 1.20. The Kier molecular flexibility index (Phi) is 2.14. The highest BCUT2D eigenvalue weighted by atomic mass is 16.3. The molecule has 1 saturated carbocycles. The van der Waals surface area contributed by atoms with E-state index in [-0.39, 0.29) is 6.10 Å². The Morgan fingerprint density at radius 1 is 1.70 bits per heavy atom. The minimum absolute atomic E-state index is 0.222. The second kappa shape index (κ2) is 2.75. The van der Waals surface area contributed by atoms with Gasteiger partial charge < -0.3 is 5.11 Å². The van der Waals surface area contributed by atoms with Gasteiger partial charge in [-0.25, -0.2) is 0 Å². The van der Waals surface area contributed by atoms with E-state index in [0.29, 0.717) is 11.8 Å². The summed E-state index contributed by atoms with van der Waals surface area (Å²) in [5, 5.41) is 9.37. The van der Waals surface area contributed by atoms with Crippen LogP contribution < -0.4 is 0 Å². The van der Waals surface area contributed by atoms with Crippen LogP contribution in [0, 0.1) is 11.8 Å². The van der Waals surface area contributed by atoms with E-state index in [0.717, 1.165) is 18.4 Å². The zero-order chi connectivity index (χ0) is 7.72. The summed E-state index contributed by atoms with van der Waals surface area (Å²) in [5.41, 5.74) is 1.05. The third kappa shape index (κ3) is 1.10. The highest BCUT2D eigenvalue weighted by Crippen LogP contribution is 2.37. The van der Waals surface area contributed by atoms with Crippen LogP contribution in [0.2, 0.25) is 0 Å². The van der Waals surface area contributed by atoms with Crippen LogP contribution >= 0.6 is 0 Å². The zero-order valence-electron chi connectivity index (χ0n) is 6.80. The molecule has 10 heavy (non-hydrogen) atoms. The highest BCUT2D eigenvalue weighted by molar-refractivity contribution is 5.14. The second-order valence-electron chi connectivity index (χ2n) is 3.32. The monoisotopic (exact) mass is 140 g/mol. The molecule has 0 aliphatic heterocycles. The molecule has 0 aromatic carbocycles. The van der Waals surface area contributed by atoms with Gasteiger partial charge in [0.05, 0.1) is 6.10 Å². The Morgan fingerprint density at radius 3 is 2.50 bits per heavy atom. The predicted molar refractivity (Wildman–Crippen MR) is 42.7 cm³/mol. The molecule has 58 valence electrons. The first-order chi connectivity index (χ1) is 4.66. The number of aliphatic hydroxyl groups is 1. The van der Waals surface area contributed by atoms with Gasteiger partial charge in [-0.3, -0.25) is 0 Å². The number of aliphatic hydroxyl groups excluding tert-OH is 1. The van der Waals surface area contributed by atoms with Crippen LogP contribution in [0.3, 0.4) is 0 Å². The maximum atomic E-state index is 9.37. The SMILES string of the molecule is C=C1[C@@H](O)C[C@H](C)[C@H]1CC. The molecule has 0 saturated heterocycles. The Labute approximate surface area is 62.8 Å². The fourth-order valence-corrected chi connectivity index (χ4v) is 1.94. The molecule has 0 radical (unpaired) electrons. The van der Waals surface area contributed by atoms with Gasteiger partial charge in [0.15, 0.2) is 0 Å². The normalized spacial score (nSPS) is 40.7. The van der Waals surface area contributed by atoms with Crippen LogP contribution in [0.25, 0.3) is 0 Å². The summed E-state index contributed by atoms with van der Waals surface area (Å²) in [7, 11) is 0. The molecule has 0 bridgehead atoms. The van der Waals surface area contributed by atoms with Crippen molar-refractivity contribution >= 4 is 0 Å². The van der Waals surface area contributed by atoms with E-state index in [9.17, 15) is 5.11 Å². The minimum Gasteiger partial charge on any atom is -0.389 e. The van der Waals surface area contributed by atoms with E-state index < -0.39 is 0 Å². The van der Waals surface area contributed by atoms with Gasteiger partial charge in [-0.2, -0.15) is 0 Å². The van der Waals surface area contributed by atoms with Crippen LogP contribution in [0.15, 0.2) is 12.2 Å². The first-order valence-corrected chi connectivity index (χ1v) is 4.03. The van der Waals surface area contributed by atoms with Gasteiger partial charge in [0, 0.05) is 0 Å². The molecule has 0 unspecified atom stereocenters. The van der Waals surface area contributed by atoms with E-state index >= 15 is 0 Å². The van der Waals surface area contributed by atoms with Crippen molar-refractivity contribution in [3.8, 4) is 0 Å². The average Bonchev–Trinajstić information content (AvgIpc) is 2.09. The van der Waals surface area contributed by atoms with Gasteiger partial charge in [-0.1, -0.05) is 20.4 Å². The Hall–Kier alpha value is -0.300. The molecular formula is C9H16O. The molecule has 1 rings (SSSR count). The fraction of sp³-hybridized carbons (Fsp3) is 0.778. The molecule has 0 amide bonds. The van der Waals surface area contributed by atoms with Crippen molar-refractivity contribution in [1.29, 1.82) is 0 Å². The summed E-state index contributed by atoms with van der Waals surface area (Å²) in [6, 6.07) is 0. The first-order valence-electron chi connectivity index (χ1n) is 4.03. The van der Waals surface area contributed by atoms with E-state index in [2.05, 4.69) is 20.4 Å². The third-order valence-corrected chi connectivity index (χ3v) is 2.63. The summed E-state index contributed by atoms with van der Waals surface area (Å²) in [6.07, 6.45) is 1.81. The predicted octanol–water partition coefficient (Wildman–Crippen LogP) is 1.97. The first kappa shape index (κ1) is 7.80. The van der Waals surface area contributed by atoms with Crippen molar-refractivity contribution in [2.45, 2.75) is 32.8 Å². The van der Waals surface area contributed by atoms with Crippen molar-refractivity contribution in [2.24, 2.45) is 11.8 Å². The van der Waals surface area contributed by atoms with Gasteiger partial charge >= 0.3 is 0 Å². The number of hydrogen-bond acceptors (Lipinski definition) is 1. The molecular weight excluding hydrogens is 124 g/mol. The molecule has 3 atom stereocenters. The van der Waals surface area contributed by atoms with Crippen LogP contribution in [-0.2, 0) is 0 Å². The Bertz CT molecular complexity index is 140. The summed E-state index contributed by atoms with van der Waals surface area (Å²) < 4.78 is 0. The van der Waals surface area contributed by atoms with E-state index in [1.807, 2.05) is 0 Å². The Morgan fingerprint density at radius 2 is 2.30 bits per heavy atom. The lowest BCUT2D eigenvalue weighted by atomic mass is 9.93. The lowest BCUT2D eigenvalue weighted by Crippen LogP contribution is -2.05. The Balaban J connectivity index is 2.64. The van der Waals surface area contributed by atoms with Crippen molar-refractivity contribution in [2.75, 3.05) is 0 Å². The van der Waals surface area contributed by atoms with Gasteiger partial charge in [0.2, 0.25) is 0 Å². The van der Waals surface area contributed by atoms with Crippen molar-refractivity contribution in [1.82, 2.24) is 0 Å². The van der Waals surface area contributed by atoms with Gasteiger partial charge in [-0.05, 0) is 30.3 Å². The molecule has 1 nitrogen and oxygen atoms in total. The molecule has 1 N–H and O–H groups in total. The van der Waals surface area contributed by atoms with Crippen molar-refractivity contribution in [3.63, 3.8) is 0 Å². The molecule has 1 fully saturated rings. The van der Waals surface area contributed by atoms with E-state index in [1.165, 1.54) is 0 Å². The van der Waals surface area contributed by atoms with Crippen molar-refractivity contribution in [3.05, 3.63) is 12.2 Å². The smallest absolute Gasteiger partial charge is 0.0753 e. The lowest BCUT2D eigenvalue weighted by Gasteiger charge is -2.12. The maximum Gasteiger partial charge on any atom is 0.0753 e. The van der Waals surface area contributed by atoms with Gasteiger partial charge in [-0.15, -0.1) is 0 Å². The lowest BCUT2D eigenvalue weighted by molar-refractivity contribution is 0.210. The van der Waals surface area contributed by atoms with Crippen LogP contribution in [0.1, 0.15) is 26.7 Å². The van der Waals surface area contributed by atoms with Crippen molar-refractivity contribution < 1.29 is 5.11 Å². The summed E-state index contributed by atoms with van der Waals surface area (Å²) in [6.45, 7) is 8.24. The van der Waals surface area contributed by atoms with Crippen LogP contribution in [0.4, 0.5) is 0 Å². The van der Waals surface area contributed by atoms with Gasteiger partial charge in [0.1, 0.15) is 0 Å². The molecule has 1 aliphatic carbocycles. The standard InChI is InChI=1S/C9H16O/c1-4-8-6(2)5-9(10)7(8)3/h6,8-10H,3-5H2,1-2H3/t6-,8+,9-/m0/s1. The average molecular weight is 140 g/mol. The quantitative estimate of drug-likeness (QED) is 0.552. The summed E-state index contributed by atoms with van der Waals surface area (Å²) in [4.78, 5) is 0. The number of hydrogen-bond donors (Lipinski definition) is 1. The topological polar surface area (TPSA) is 20.2 Å². The van der Waals surface area contributed by atoms with Gasteiger partial charge in [0.25, 0.3) is 0 Å². The molecule has 1 aliphatic rings. The van der Waals surface area contributed by atoms with Crippen LogP contribution in [-0.4, -0.2) is 11.2 Å². The molecule has 0 aromatic heterocycles. The molecule has 0 spiro atoms. The molecule has 0 heterocycles. The largest absolute Gasteiger partial charge is 0.389 e. The summed E-state index contributed by atoms with van der Waals surface area (Å²) >= 11 is 0. The van der Waals surface area contributed by atoms with E-state index in [4.69, 9.17) is 0 Å².